The number of nitrogens with two attached hydrogens (primary N) is 1. The normalized spacial score (nSPS) is 11.1. The van der Waals surface area contributed by atoms with Crippen LogP contribution < -0.4 is 5.73 Å². The maximum atomic E-state index is 5.50. The second-order valence-corrected chi connectivity index (χ2v) is 3.60. The van der Waals surface area contributed by atoms with Crippen molar-refractivity contribution in [3.8, 4) is 0 Å². The van der Waals surface area contributed by atoms with Crippen LogP contribution in [0.15, 0.2) is 6.07 Å². The zero-order valence-corrected chi connectivity index (χ0v) is 7.03. The average Bonchev–Trinajstić information content (AvgIpc) is 2.53. The third-order valence-corrected chi connectivity index (χ3v) is 2.75. The molecule has 0 aliphatic heterocycles. The van der Waals surface area contributed by atoms with Gasteiger partial charge in [-0.15, -0.1) is 11.3 Å². The smallest absolute Gasteiger partial charge is 0.145 e. The van der Waals surface area contributed by atoms with Crippen molar-refractivity contribution in [2.24, 2.45) is 5.73 Å². The molecule has 0 spiro atoms. The average molecular weight is 167 g/mol. The van der Waals surface area contributed by atoms with Crippen LogP contribution in [0.25, 0.3) is 10.2 Å². The van der Waals surface area contributed by atoms with Crippen molar-refractivity contribution >= 4 is 21.6 Å². The Bertz CT molecular complexity index is 374. The van der Waals surface area contributed by atoms with E-state index in [1.807, 2.05) is 6.92 Å². The lowest BCUT2D eigenvalue weighted by molar-refractivity contribution is 1.07. The third kappa shape index (κ3) is 0.948. The predicted octanol–water partition coefficient (Wildman–Crippen LogP) is 1.39. The van der Waals surface area contributed by atoms with Gasteiger partial charge in [-0.1, -0.05) is 0 Å². The van der Waals surface area contributed by atoms with E-state index >= 15 is 0 Å². The topological polar surface area (TPSA) is 54.7 Å². The molecule has 2 aromatic heterocycles. The van der Waals surface area contributed by atoms with Crippen LogP contribution in [0.5, 0.6) is 0 Å². The fourth-order valence-corrected chi connectivity index (χ4v) is 2.00. The first-order valence-corrected chi connectivity index (χ1v) is 4.26. The number of nitrogens with zero attached hydrogens (tertiary/aromatic N) is 1. The van der Waals surface area contributed by atoms with Gasteiger partial charge in [0.1, 0.15) is 4.83 Å². The molecule has 0 aromatic carbocycles. The number of thiophene rings is 1. The maximum Gasteiger partial charge on any atom is 0.145 e. The van der Waals surface area contributed by atoms with Gasteiger partial charge in [-0.05, 0) is 13.0 Å². The molecule has 3 nitrogen and oxygen atoms in total. The maximum absolute atomic E-state index is 5.50. The lowest BCUT2D eigenvalue weighted by Gasteiger charge is -1.83. The lowest BCUT2D eigenvalue weighted by atomic mass is 10.3. The van der Waals surface area contributed by atoms with Gasteiger partial charge in [0.05, 0.1) is 0 Å². The highest BCUT2D eigenvalue weighted by atomic mass is 32.1. The molecule has 0 bridgehead atoms. The minimum Gasteiger partial charge on any atom is -0.326 e. The van der Waals surface area contributed by atoms with Crippen LogP contribution in [0.4, 0.5) is 0 Å². The van der Waals surface area contributed by atoms with Crippen LogP contribution >= 0.6 is 11.3 Å². The Labute approximate surface area is 68.2 Å². The molecule has 0 unspecified atom stereocenters. The van der Waals surface area contributed by atoms with Gasteiger partial charge in [0.15, 0.2) is 0 Å². The van der Waals surface area contributed by atoms with Crippen molar-refractivity contribution in [1.82, 2.24) is 10.2 Å². The molecule has 0 fully saturated rings. The van der Waals surface area contributed by atoms with E-state index in [1.165, 1.54) is 10.3 Å². The highest BCUT2D eigenvalue weighted by Gasteiger charge is 2.04. The molecule has 0 amide bonds. The summed E-state index contributed by atoms with van der Waals surface area (Å²) < 4.78 is 0. The molecular formula is C7H9N3S. The summed E-state index contributed by atoms with van der Waals surface area (Å²) in [6.45, 7) is 2.63. The molecule has 2 heterocycles. The summed E-state index contributed by atoms with van der Waals surface area (Å²) >= 11 is 1.65. The highest BCUT2D eigenvalue weighted by molar-refractivity contribution is 7.18. The summed E-state index contributed by atoms with van der Waals surface area (Å²) in [5.74, 6) is 0. The summed E-state index contributed by atoms with van der Waals surface area (Å²) in [5.41, 5.74) is 6.62. The van der Waals surface area contributed by atoms with E-state index in [-0.39, 0.29) is 0 Å². The summed E-state index contributed by atoms with van der Waals surface area (Å²) in [4.78, 5) is 2.25. The molecule has 0 saturated heterocycles. The van der Waals surface area contributed by atoms with E-state index in [0.29, 0.717) is 6.54 Å². The van der Waals surface area contributed by atoms with Gasteiger partial charge in [0.2, 0.25) is 0 Å². The molecule has 0 atom stereocenters. The van der Waals surface area contributed by atoms with Gasteiger partial charge < -0.3 is 5.73 Å². The minimum atomic E-state index is 0.612. The first kappa shape index (κ1) is 6.82. The van der Waals surface area contributed by atoms with Crippen LogP contribution in [0, 0.1) is 6.92 Å². The van der Waals surface area contributed by atoms with Gasteiger partial charge in [0.25, 0.3) is 0 Å². The monoisotopic (exact) mass is 167 g/mol. The van der Waals surface area contributed by atoms with Crippen molar-refractivity contribution in [3.63, 3.8) is 0 Å². The van der Waals surface area contributed by atoms with E-state index in [2.05, 4.69) is 16.3 Å². The molecule has 58 valence electrons. The third-order valence-electron chi connectivity index (χ3n) is 1.69. The fraction of sp³-hybridized carbons (Fsp3) is 0.286. The fourth-order valence-electron chi connectivity index (χ4n) is 1.08. The number of rotatable bonds is 1. The Morgan fingerprint density at radius 3 is 3.18 bits per heavy atom. The van der Waals surface area contributed by atoms with Crippen LogP contribution in [-0.4, -0.2) is 10.2 Å². The SMILES string of the molecule is Cc1[nH]nc2sc(CN)cc12. The molecule has 0 aliphatic rings. The molecule has 4 heteroatoms. The van der Waals surface area contributed by atoms with E-state index in [0.717, 1.165) is 10.5 Å². The Hall–Kier alpha value is -0.870. The number of aromatic nitrogens is 2. The number of nitrogens with one attached hydrogen (secondary N) is 1. The largest absolute Gasteiger partial charge is 0.326 e. The number of aromatic amines is 1. The Morgan fingerprint density at radius 1 is 1.73 bits per heavy atom. The van der Waals surface area contributed by atoms with E-state index in [9.17, 15) is 0 Å². The zero-order chi connectivity index (χ0) is 7.84. The first-order chi connectivity index (χ1) is 5.31. The Balaban J connectivity index is 2.70. The van der Waals surface area contributed by atoms with Crippen LogP contribution in [0.2, 0.25) is 0 Å². The van der Waals surface area contributed by atoms with Crippen LogP contribution in [0.1, 0.15) is 10.6 Å². The van der Waals surface area contributed by atoms with Gasteiger partial charge in [-0.25, -0.2) is 0 Å². The van der Waals surface area contributed by atoms with Crippen LogP contribution in [-0.2, 0) is 6.54 Å². The van der Waals surface area contributed by atoms with Crippen molar-refractivity contribution in [2.45, 2.75) is 13.5 Å². The lowest BCUT2D eigenvalue weighted by Crippen LogP contribution is -1.91. The molecule has 0 aliphatic carbocycles. The number of hydrogen-bond acceptors (Lipinski definition) is 3. The summed E-state index contributed by atoms with van der Waals surface area (Å²) in [6.07, 6.45) is 0. The van der Waals surface area contributed by atoms with Gasteiger partial charge in [-0.3, -0.25) is 5.10 Å². The van der Waals surface area contributed by atoms with Crippen molar-refractivity contribution in [3.05, 3.63) is 16.6 Å². The minimum absolute atomic E-state index is 0.612. The first-order valence-electron chi connectivity index (χ1n) is 3.44. The molecule has 2 aromatic rings. The van der Waals surface area contributed by atoms with E-state index < -0.39 is 0 Å². The summed E-state index contributed by atoms with van der Waals surface area (Å²) in [6, 6.07) is 2.10. The molecule has 11 heavy (non-hydrogen) atoms. The Kier molecular flexibility index (Phi) is 1.44. The van der Waals surface area contributed by atoms with E-state index in [1.54, 1.807) is 11.3 Å². The molecule has 3 N–H and O–H groups in total. The van der Waals surface area contributed by atoms with Crippen molar-refractivity contribution in [2.75, 3.05) is 0 Å². The number of fused-ring (bicyclic) bond motifs is 1. The zero-order valence-electron chi connectivity index (χ0n) is 6.22. The highest BCUT2D eigenvalue weighted by Crippen LogP contribution is 2.24. The second kappa shape index (κ2) is 2.32. The molecular weight excluding hydrogens is 158 g/mol. The molecule has 2 rings (SSSR count). The molecule has 0 radical (unpaired) electrons. The molecule has 0 saturated carbocycles. The van der Waals surface area contributed by atoms with Crippen molar-refractivity contribution in [1.29, 1.82) is 0 Å². The summed E-state index contributed by atoms with van der Waals surface area (Å²) in [7, 11) is 0. The van der Waals surface area contributed by atoms with Gasteiger partial charge in [-0.2, -0.15) is 5.10 Å². The van der Waals surface area contributed by atoms with Crippen molar-refractivity contribution < 1.29 is 0 Å². The Morgan fingerprint density at radius 2 is 2.55 bits per heavy atom. The number of H-pyrrole nitrogens is 1. The standard InChI is InChI=1S/C7H9N3S/c1-4-6-2-5(3-8)11-7(6)10-9-4/h2H,3,8H2,1H3,(H,9,10). The van der Waals surface area contributed by atoms with E-state index in [4.69, 9.17) is 5.73 Å². The summed E-state index contributed by atoms with van der Waals surface area (Å²) in [5, 5.41) is 8.26. The number of aryl methyl sites for hydroxylation is 1. The quantitative estimate of drug-likeness (QED) is 0.674. The van der Waals surface area contributed by atoms with Crippen LogP contribution in [0.3, 0.4) is 0 Å². The second-order valence-electron chi connectivity index (χ2n) is 2.48. The predicted molar refractivity (Wildman–Crippen MR) is 46.6 cm³/mol. The van der Waals surface area contributed by atoms with Gasteiger partial charge >= 0.3 is 0 Å². The number of hydrogen-bond donors (Lipinski definition) is 2. The van der Waals surface area contributed by atoms with Gasteiger partial charge in [0, 0.05) is 22.5 Å².